The summed E-state index contributed by atoms with van der Waals surface area (Å²) in [6, 6.07) is 8.82. The molecule has 3 N–H and O–H groups in total. The zero-order valence-electron chi connectivity index (χ0n) is 14.1. The molecule has 1 aromatic heterocycles. The number of thiophene rings is 1. The Bertz CT molecular complexity index is 861. The Kier molecular flexibility index (Phi) is 5.73. The predicted molar refractivity (Wildman–Crippen MR) is 106 cm³/mol. The SMILES string of the molecule is Cc1cc(NC(=O)CNC(=O)c2ccc(NC(=O)C3CC3)s2)ccc1Br. The Balaban J connectivity index is 1.48. The van der Waals surface area contributed by atoms with Crippen molar-refractivity contribution in [3.8, 4) is 0 Å². The Morgan fingerprint density at radius 2 is 1.92 bits per heavy atom. The number of rotatable bonds is 6. The molecule has 1 fully saturated rings. The van der Waals surface area contributed by atoms with E-state index in [0.717, 1.165) is 22.9 Å². The first-order valence-corrected chi connectivity index (χ1v) is 9.78. The van der Waals surface area contributed by atoms with Crippen molar-refractivity contribution in [1.29, 1.82) is 0 Å². The van der Waals surface area contributed by atoms with E-state index in [1.165, 1.54) is 11.3 Å². The van der Waals surface area contributed by atoms with E-state index in [4.69, 9.17) is 0 Å². The molecule has 136 valence electrons. The number of hydrogen-bond acceptors (Lipinski definition) is 4. The summed E-state index contributed by atoms with van der Waals surface area (Å²) in [6.45, 7) is 1.80. The van der Waals surface area contributed by atoms with Crippen molar-refractivity contribution in [2.24, 2.45) is 5.92 Å². The fraction of sp³-hybridized carbons (Fsp3) is 0.278. The molecule has 3 rings (SSSR count). The van der Waals surface area contributed by atoms with E-state index in [-0.39, 0.29) is 30.2 Å². The van der Waals surface area contributed by atoms with Gasteiger partial charge >= 0.3 is 0 Å². The van der Waals surface area contributed by atoms with Gasteiger partial charge < -0.3 is 16.0 Å². The van der Waals surface area contributed by atoms with E-state index in [2.05, 4.69) is 31.9 Å². The highest BCUT2D eigenvalue weighted by Crippen LogP contribution is 2.31. The lowest BCUT2D eigenvalue weighted by Gasteiger charge is -2.08. The second-order valence-electron chi connectivity index (χ2n) is 6.12. The molecule has 26 heavy (non-hydrogen) atoms. The quantitative estimate of drug-likeness (QED) is 0.648. The fourth-order valence-corrected chi connectivity index (χ4v) is 3.34. The first kappa shape index (κ1) is 18.6. The highest BCUT2D eigenvalue weighted by Gasteiger charge is 2.29. The second-order valence-corrected chi connectivity index (χ2v) is 8.06. The summed E-state index contributed by atoms with van der Waals surface area (Å²) in [5.41, 5.74) is 1.68. The zero-order chi connectivity index (χ0) is 18.7. The average Bonchev–Trinajstić information content (AvgIpc) is 3.36. The maximum atomic E-state index is 12.1. The van der Waals surface area contributed by atoms with Gasteiger partial charge in [-0.1, -0.05) is 15.9 Å². The molecule has 1 aromatic carbocycles. The minimum absolute atomic E-state index is 0.00276. The lowest BCUT2D eigenvalue weighted by molar-refractivity contribution is -0.117. The van der Waals surface area contributed by atoms with Crippen molar-refractivity contribution in [1.82, 2.24) is 5.32 Å². The first-order chi connectivity index (χ1) is 12.4. The summed E-state index contributed by atoms with van der Waals surface area (Å²) in [5.74, 6) is -0.536. The minimum Gasteiger partial charge on any atom is -0.342 e. The molecular weight excluding hydrogens is 418 g/mol. The lowest BCUT2D eigenvalue weighted by Crippen LogP contribution is -2.32. The number of halogens is 1. The number of amides is 3. The van der Waals surface area contributed by atoms with Gasteiger partial charge in [-0.2, -0.15) is 0 Å². The smallest absolute Gasteiger partial charge is 0.261 e. The van der Waals surface area contributed by atoms with Crippen LogP contribution < -0.4 is 16.0 Å². The van der Waals surface area contributed by atoms with E-state index >= 15 is 0 Å². The van der Waals surface area contributed by atoms with Gasteiger partial charge in [0.1, 0.15) is 0 Å². The standard InChI is InChI=1S/C18H18BrN3O3S/c1-10-8-12(4-5-13(10)19)21-15(23)9-20-18(25)14-6-7-16(26-14)22-17(24)11-2-3-11/h4-8,11H,2-3,9H2,1H3,(H,20,25)(H,21,23)(H,22,24). The summed E-state index contributed by atoms with van der Waals surface area (Å²) in [7, 11) is 0. The average molecular weight is 436 g/mol. The Morgan fingerprint density at radius 1 is 1.15 bits per heavy atom. The molecule has 8 heteroatoms. The van der Waals surface area contributed by atoms with Crippen LogP contribution >= 0.6 is 27.3 Å². The summed E-state index contributed by atoms with van der Waals surface area (Å²) < 4.78 is 0.964. The maximum absolute atomic E-state index is 12.1. The van der Waals surface area contributed by atoms with E-state index < -0.39 is 0 Å². The highest BCUT2D eigenvalue weighted by molar-refractivity contribution is 9.10. The van der Waals surface area contributed by atoms with Gasteiger partial charge in [-0.3, -0.25) is 14.4 Å². The summed E-state index contributed by atoms with van der Waals surface area (Å²) >= 11 is 4.60. The normalized spacial score (nSPS) is 13.2. The van der Waals surface area contributed by atoms with Gasteiger partial charge in [-0.15, -0.1) is 11.3 Å². The van der Waals surface area contributed by atoms with Crippen molar-refractivity contribution in [2.75, 3.05) is 17.2 Å². The molecule has 1 aliphatic carbocycles. The third-order valence-electron chi connectivity index (χ3n) is 3.88. The van der Waals surface area contributed by atoms with Gasteiger partial charge in [0, 0.05) is 16.1 Å². The molecule has 2 aromatic rings. The van der Waals surface area contributed by atoms with Crippen LogP contribution in [0.4, 0.5) is 10.7 Å². The molecule has 3 amide bonds. The van der Waals surface area contributed by atoms with Crippen LogP contribution in [0.3, 0.4) is 0 Å². The number of carbonyl (C=O) groups excluding carboxylic acids is 3. The van der Waals surface area contributed by atoms with E-state index in [0.29, 0.717) is 15.6 Å². The molecule has 0 spiro atoms. The van der Waals surface area contributed by atoms with Gasteiger partial charge in [0.15, 0.2) is 0 Å². The summed E-state index contributed by atoms with van der Waals surface area (Å²) in [5, 5.41) is 8.77. The van der Waals surface area contributed by atoms with Crippen LogP contribution in [0.25, 0.3) is 0 Å². The molecule has 1 aliphatic rings. The number of hydrogen-bond donors (Lipinski definition) is 3. The Hall–Kier alpha value is -2.19. The van der Waals surface area contributed by atoms with E-state index in [9.17, 15) is 14.4 Å². The van der Waals surface area contributed by atoms with Crippen molar-refractivity contribution in [2.45, 2.75) is 19.8 Å². The molecule has 0 unspecified atom stereocenters. The molecule has 0 radical (unpaired) electrons. The first-order valence-electron chi connectivity index (χ1n) is 8.17. The number of aryl methyl sites for hydroxylation is 1. The monoisotopic (exact) mass is 435 g/mol. The third kappa shape index (κ3) is 4.92. The van der Waals surface area contributed by atoms with Crippen molar-refractivity contribution < 1.29 is 14.4 Å². The summed E-state index contributed by atoms with van der Waals surface area (Å²) in [4.78, 5) is 36.3. The van der Waals surface area contributed by atoms with Crippen molar-refractivity contribution >= 4 is 55.7 Å². The van der Waals surface area contributed by atoms with Crippen LogP contribution in [0.2, 0.25) is 0 Å². The number of carbonyl (C=O) groups is 3. The fourth-order valence-electron chi connectivity index (χ4n) is 2.27. The number of anilines is 2. The molecule has 1 saturated carbocycles. The Labute approximate surface area is 163 Å². The minimum atomic E-state index is -0.343. The van der Waals surface area contributed by atoms with Crippen LogP contribution in [-0.2, 0) is 9.59 Å². The molecule has 0 saturated heterocycles. The van der Waals surface area contributed by atoms with Gasteiger partial charge in [-0.05, 0) is 55.7 Å². The summed E-state index contributed by atoms with van der Waals surface area (Å²) in [6.07, 6.45) is 1.86. The molecule has 0 aliphatic heterocycles. The van der Waals surface area contributed by atoms with Gasteiger partial charge in [0.05, 0.1) is 16.4 Å². The lowest BCUT2D eigenvalue weighted by atomic mass is 10.2. The van der Waals surface area contributed by atoms with Crippen molar-refractivity contribution in [3.05, 3.63) is 45.2 Å². The molecule has 0 atom stereocenters. The zero-order valence-corrected chi connectivity index (χ0v) is 16.5. The van der Waals surface area contributed by atoms with E-state index in [1.54, 1.807) is 18.2 Å². The molecular formula is C18H18BrN3O3S. The highest BCUT2D eigenvalue weighted by atomic mass is 79.9. The maximum Gasteiger partial charge on any atom is 0.261 e. The molecule has 6 nitrogen and oxygen atoms in total. The van der Waals surface area contributed by atoms with Gasteiger partial charge in [-0.25, -0.2) is 0 Å². The van der Waals surface area contributed by atoms with Crippen LogP contribution in [0.15, 0.2) is 34.8 Å². The topological polar surface area (TPSA) is 87.3 Å². The van der Waals surface area contributed by atoms with Gasteiger partial charge in [0.2, 0.25) is 11.8 Å². The Morgan fingerprint density at radius 3 is 2.62 bits per heavy atom. The van der Waals surface area contributed by atoms with Crippen LogP contribution in [0.1, 0.15) is 28.1 Å². The number of nitrogens with one attached hydrogen (secondary N) is 3. The van der Waals surface area contributed by atoms with Crippen LogP contribution in [0.5, 0.6) is 0 Å². The largest absolute Gasteiger partial charge is 0.342 e. The van der Waals surface area contributed by atoms with Crippen molar-refractivity contribution in [3.63, 3.8) is 0 Å². The van der Waals surface area contributed by atoms with Crippen LogP contribution in [0, 0.1) is 12.8 Å². The predicted octanol–water partition coefficient (Wildman–Crippen LogP) is 3.54. The van der Waals surface area contributed by atoms with Crippen LogP contribution in [-0.4, -0.2) is 24.3 Å². The second kappa shape index (κ2) is 8.01. The number of benzene rings is 1. The molecule has 1 heterocycles. The van der Waals surface area contributed by atoms with E-state index in [1.807, 2.05) is 19.1 Å². The molecule has 0 bridgehead atoms. The van der Waals surface area contributed by atoms with Gasteiger partial charge in [0.25, 0.3) is 5.91 Å². The third-order valence-corrected chi connectivity index (χ3v) is 5.76.